The van der Waals surface area contributed by atoms with Crippen molar-refractivity contribution < 1.29 is 5.11 Å². The lowest BCUT2D eigenvalue weighted by atomic mass is 10.1. The van der Waals surface area contributed by atoms with Crippen LogP contribution in [0.1, 0.15) is 26.3 Å². The molecule has 2 aromatic carbocycles. The number of fused-ring (bicyclic) bond motifs is 3. The number of para-hydroxylation sites is 1. The van der Waals surface area contributed by atoms with Crippen LogP contribution < -0.4 is 5.32 Å². The predicted octanol–water partition coefficient (Wildman–Crippen LogP) is 3.67. The van der Waals surface area contributed by atoms with Gasteiger partial charge in [0.15, 0.2) is 0 Å². The summed E-state index contributed by atoms with van der Waals surface area (Å²) < 4.78 is 2.36. The van der Waals surface area contributed by atoms with Crippen molar-refractivity contribution >= 4 is 21.8 Å². The minimum atomic E-state index is -0.258. The first-order chi connectivity index (χ1) is 10.6. The first-order valence-electron chi connectivity index (χ1n) is 7.91. The molecule has 0 bridgehead atoms. The first kappa shape index (κ1) is 15.1. The van der Waals surface area contributed by atoms with E-state index in [0.717, 1.165) is 13.1 Å². The average Bonchev–Trinajstić information content (AvgIpc) is 2.86. The van der Waals surface area contributed by atoms with Crippen molar-refractivity contribution in [3.8, 4) is 0 Å². The van der Waals surface area contributed by atoms with E-state index in [2.05, 4.69) is 59.3 Å². The van der Waals surface area contributed by atoms with Gasteiger partial charge in [-0.15, -0.1) is 0 Å². The molecule has 0 aliphatic rings. The number of aliphatic hydroxyl groups is 1. The van der Waals surface area contributed by atoms with Crippen molar-refractivity contribution in [1.29, 1.82) is 0 Å². The predicted molar refractivity (Wildman–Crippen MR) is 93.1 cm³/mol. The molecule has 3 aromatic rings. The molecule has 0 unspecified atom stereocenters. The molecule has 116 valence electrons. The fourth-order valence-electron chi connectivity index (χ4n) is 2.95. The molecule has 0 saturated carbocycles. The van der Waals surface area contributed by atoms with Gasteiger partial charge in [-0.25, -0.2) is 0 Å². The van der Waals surface area contributed by atoms with Crippen LogP contribution in [0.3, 0.4) is 0 Å². The van der Waals surface area contributed by atoms with Crippen molar-refractivity contribution in [2.45, 2.75) is 39.4 Å². The lowest BCUT2D eigenvalue weighted by Gasteiger charge is -2.23. The minimum absolute atomic E-state index is 0.129. The Kier molecular flexibility index (Phi) is 3.94. The van der Waals surface area contributed by atoms with Crippen LogP contribution in [0.2, 0.25) is 0 Å². The smallest absolute Gasteiger partial charge is 0.0607 e. The van der Waals surface area contributed by atoms with Crippen molar-refractivity contribution in [2.24, 2.45) is 0 Å². The van der Waals surface area contributed by atoms with Crippen molar-refractivity contribution in [1.82, 2.24) is 9.88 Å². The summed E-state index contributed by atoms with van der Waals surface area (Å²) in [6.45, 7) is 8.06. The molecule has 1 aromatic heterocycles. The van der Waals surface area contributed by atoms with Crippen LogP contribution in [0.4, 0.5) is 0 Å². The third kappa shape index (κ3) is 2.62. The molecule has 1 heterocycles. The lowest BCUT2D eigenvalue weighted by Crippen LogP contribution is -2.42. The van der Waals surface area contributed by atoms with E-state index in [1.807, 2.05) is 13.8 Å². The number of hydrogen-bond donors (Lipinski definition) is 2. The van der Waals surface area contributed by atoms with Crippen molar-refractivity contribution in [3.63, 3.8) is 0 Å². The summed E-state index contributed by atoms with van der Waals surface area (Å²) in [6.07, 6.45) is 0. The molecule has 0 aliphatic carbocycles. The molecule has 0 atom stereocenters. The second-order valence-corrected chi connectivity index (χ2v) is 6.51. The molecule has 0 radical (unpaired) electrons. The van der Waals surface area contributed by atoms with Gasteiger partial charge in [0.1, 0.15) is 0 Å². The number of nitrogens with one attached hydrogen (secondary N) is 1. The highest BCUT2D eigenvalue weighted by atomic mass is 16.3. The average molecular weight is 296 g/mol. The third-order valence-electron chi connectivity index (χ3n) is 4.32. The summed E-state index contributed by atoms with van der Waals surface area (Å²) in [7, 11) is 0. The van der Waals surface area contributed by atoms with E-state index in [0.29, 0.717) is 0 Å². The number of nitrogens with zero attached hydrogens (tertiary/aromatic N) is 1. The van der Waals surface area contributed by atoms with E-state index in [9.17, 15) is 5.11 Å². The van der Waals surface area contributed by atoms with E-state index in [-0.39, 0.29) is 12.1 Å². The van der Waals surface area contributed by atoms with E-state index in [4.69, 9.17) is 0 Å². The van der Waals surface area contributed by atoms with E-state index >= 15 is 0 Å². The Morgan fingerprint density at radius 3 is 2.50 bits per heavy atom. The monoisotopic (exact) mass is 296 g/mol. The van der Waals surface area contributed by atoms with Gasteiger partial charge in [-0.2, -0.15) is 0 Å². The SMILES string of the molecule is CCn1c2ccccc2c2cc(CNC(C)(C)CO)ccc21. The van der Waals surface area contributed by atoms with Crippen LogP contribution in [0.25, 0.3) is 21.8 Å². The summed E-state index contributed by atoms with van der Waals surface area (Å²) in [4.78, 5) is 0. The standard InChI is InChI=1S/C19H24N2O/c1-4-21-17-8-6-5-7-15(17)16-11-14(9-10-18(16)21)12-20-19(2,3)13-22/h5-11,20,22H,4,12-13H2,1-3H3. The fourth-order valence-corrected chi connectivity index (χ4v) is 2.95. The Balaban J connectivity index is 2.04. The second-order valence-electron chi connectivity index (χ2n) is 6.51. The van der Waals surface area contributed by atoms with E-state index in [1.165, 1.54) is 27.4 Å². The van der Waals surface area contributed by atoms with Crippen LogP contribution in [0.15, 0.2) is 42.5 Å². The van der Waals surface area contributed by atoms with Crippen LogP contribution in [-0.4, -0.2) is 21.8 Å². The fraction of sp³-hybridized carbons (Fsp3) is 0.368. The Labute approximate surface area is 131 Å². The van der Waals surface area contributed by atoms with Gasteiger partial charge in [0.2, 0.25) is 0 Å². The maximum atomic E-state index is 9.35. The zero-order valence-corrected chi connectivity index (χ0v) is 13.6. The zero-order chi connectivity index (χ0) is 15.7. The molecular formula is C19H24N2O. The van der Waals surface area contributed by atoms with Gasteiger partial charge in [0, 0.05) is 40.4 Å². The van der Waals surface area contributed by atoms with Gasteiger partial charge in [-0.1, -0.05) is 24.3 Å². The molecule has 3 heteroatoms. The largest absolute Gasteiger partial charge is 0.394 e. The molecule has 0 spiro atoms. The van der Waals surface area contributed by atoms with Gasteiger partial charge in [-0.3, -0.25) is 0 Å². The summed E-state index contributed by atoms with van der Waals surface area (Å²) in [5, 5.41) is 15.4. The van der Waals surface area contributed by atoms with Gasteiger partial charge < -0.3 is 15.0 Å². The highest BCUT2D eigenvalue weighted by molar-refractivity contribution is 6.08. The van der Waals surface area contributed by atoms with Crippen molar-refractivity contribution in [2.75, 3.05) is 6.61 Å². The number of rotatable bonds is 5. The normalized spacial score (nSPS) is 12.4. The summed E-state index contributed by atoms with van der Waals surface area (Å²) in [5.74, 6) is 0. The molecule has 3 rings (SSSR count). The molecule has 0 saturated heterocycles. The third-order valence-corrected chi connectivity index (χ3v) is 4.32. The highest BCUT2D eigenvalue weighted by Crippen LogP contribution is 2.29. The number of benzene rings is 2. The molecule has 0 fully saturated rings. The molecular weight excluding hydrogens is 272 g/mol. The van der Waals surface area contributed by atoms with E-state index < -0.39 is 0 Å². The van der Waals surface area contributed by atoms with Crippen LogP contribution in [0, 0.1) is 0 Å². The molecule has 3 nitrogen and oxygen atoms in total. The Bertz CT molecular complexity index is 802. The van der Waals surface area contributed by atoms with Crippen molar-refractivity contribution in [3.05, 3.63) is 48.0 Å². The topological polar surface area (TPSA) is 37.2 Å². The molecule has 0 amide bonds. The Hall–Kier alpha value is -1.84. The first-order valence-corrected chi connectivity index (χ1v) is 7.91. The molecule has 2 N–H and O–H groups in total. The van der Waals surface area contributed by atoms with Crippen LogP contribution in [-0.2, 0) is 13.1 Å². The van der Waals surface area contributed by atoms with Gasteiger partial charge in [0.05, 0.1) is 6.61 Å². The molecule has 0 aliphatic heterocycles. The number of aryl methyl sites for hydroxylation is 1. The van der Waals surface area contributed by atoms with Gasteiger partial charge in [-0.05, 0) is 44.5 Å². The van der Waals surface area contributed by atoms with Crippen LogP contribution in [0.5, 0.6) is 0 Å². The summed E-state index contributed by atoms with van der Waals surface area (Å²) in [5.41, 5.74) is 3.56. The maximum Gasteiger partial charge on any atom is 0.0607 e. The zero-order valence-electron chi connectivity index (χ0n) is 13.6. The minimum Gasteiger partial charge on any atom is -0.394 e. The quantitative estimate of drug-likeness (QED) is 0.753. The Morgan fingerprint density at radius 1 is 1.05 bits per heavy atom. The molecule has 22 heavy (non-hydrogen) atoms. The summed E-state index contributed by atoms with van der Waals surface area (Å²) >= 11 is 0. The number of hydrogen-bond acceptors (Lipinski definition) is 2. The second kappa shape index (κ2) is 5.75. The number of aromatic nitrogens is 1. The highest BCUT2D eigenvalue weighted by Gasteiger charge is 2.15. The maximum absolute atomic E-state index is 9.35. The van der Waals surface area contributed by atoms with E-state index in [1.54, 1.807) is 0 Å². The Morgan fingerprint density at radius 2 is 1.77 bits per heavy atom. The lowest BCUT2D eigenvalue weighted by molar-refractivity contribution is 0.187. The van der Waals surface area contributed by atoms with Gasteiger partial charge in [0.25, 0.3) is 0 Å². The van der Waals surface area contributed by atoms with Gasteiger partial charge >= 0.3 is 0 Å². The number of aliphatic hydroxyl groups excluding tert-OH is 1. The summed E-state index contributed by atoms with van der Waals surface area (Å²) in [6, 6.07) is 15.2. The van der Waals surface area contributed by atoms with Crippen LogP contribution >= 0.6 is 0 Å².